The van der Waals surface area contributed by atoms with Crippen molar-refractivity contribution in [3.8, 4) is 5.75 Å². The van der Waals surface area contributed by atoms with Gasteiger partial charge in [0.05, 0.1) is 12.8 Å². The van der Waals surface area contributed by atoms with Gasteiger partial charge in [-0.1, -0.05) is 64.1 Å². The molecular weight excluding hydrogens is 456 g/mol. The molecule has 0 bridgehead atoms. The Morgan fingerprint density at radius 3 is 2.15 bits per heavy atom. The molecule has 6 nitrogen and oxygen atoms in total. The van der Waals surface area contributed by atoms with Crippen LogP contribution in [0.3, 0.4) is 0 Å². The van der Waals surface area contributed by atoms with Crippen LogP contribution in [0.25, 0.3) is 0 Å². The van der Waals surface area contributed by atoms with Gasteiger partial charge in [-0.3, -0.25) is 9.10 Å². The van der Waals surface area contributed by atoms with Gasteiger partial charge in [0.25, 0.3) is 10.0 Å². The van der Waals surface area contributed by atoms with Crippen LogP contribution in [-0.4, -0.2) is 28.0 Å². The van der Waals surface area contributed by atoms with Gasteiger partial charge in [0.15, 0.2) is 0 Å². The lowest BCUT2D eigenvalue weighted by atomic mass is 9.92. The largest absolute Gasteiger partial charge is 0.495 e. The molecular formula is C25H30N2O4S2. The Kier molecular flexibility index (Phi) is 7.81. The SMILES string of the molecule is COc1ccccc1N(CC(=O)Nc1c(C(C)C)cccc1C(C)C)S(=O)(=O)c1cccs1. The molecule has 1 amide bonds. The zero-order chi connectivity index (χ0) is 24.2. The van der Waals surface area contributed by atoms with Gasteiger partial charge in [-0.05, 0) is 46.5 Å². The van der Waals surface area contributed by atoms with E-state index in [1.807, 2.05) is 18.2 Å². The van der Waals surface area contributed by atoms with Crippen molar-refractivity contribution in [2.75, 3.05) is 23.3 Å². The van der Waals surface area contributed by atoms with Crippen molar-refractivity contribution in [1.82, 2.24) is 0 Å². The van der Waals surface area contributed by atoms with Crippen molar-refractivity contribution < 1.29 is 17.9 Å². The Morgan fingerprint density at radius 1 is 0.970 bits per heavy atom. The van der Waals surface area contributed by atoms with E-state index in [0.717, 1.165) is 32.5 Å². The van der Waals surface area contributed by atoms with Crippen molar-refractivity contribution in [2.24, 2.45) is 0 Å². The minimum Gasteiger partial charge on any atom is -0.495 e. The van der Waals surface area contributed by atoms with E-state index in [1.165, 1.54) is 13.2 Å². The van der Waals surface area contributed by atoms with Gasteiger partial charge in [0, 0.05) is 5.69 Å². The van der Waals surface area contributed by atoms with Crippen molar-refractivity contribution in [3.05, 3.63) is 71.1 Å². The lowest BCUT2D eigenvalue weighted by Crippen LogP contribution is -2.38. The number of amides is 1. The Morgan fingerprint density at radius 2 is 1.61 bits per heavy atom. The highest BCUT2D eigenvalue weighted by Crippen LogP contribution is 2.35. The van der Waals surface area contributed by atoms with E-state index in [0.29, 0.717) is 11.4 Å². The molecule has 3 aromatic rings. The van der Waals surface area contributed by atoms with Gasteiger partial charge in [-0.15, -0.1) is 11.3 Å². The summed E-state index contributed by atoms with van der Waals surface area (Å²) in [5.74, 6) is 0.338. The zero-order valence-electron chi connectivity index (χ0n) is 19.5. The van der Waals surface area contributed by atoms with Crippen LogP contribution < -0.4 is 14.4 Å². The summed E-state index contributed by atoms with van der Waals surface area (Å²) in [6.07, 6.45) is 0. The molecule has 0 saturated heterocycles. The van der Waals surface area contributed by atoms with Crippen LogP contribution >= 0.6 is 11.3 Å². The number of benzene rings is 2. The molecule has 0 aliphatic rings. The fourth-order valence-electron chi connectivity index (χ4n) is 3.66. The number of hydrogen-bond donors (Lipinski definition) is 1. The topological polar surface area (TPSA) is 75.7 Å². The molecule has 0 fully saturated rings. The minimum absolute atomic E-state index is 0.159. The summed E-state index contributed by atoms with van der Waals surface area (Å²) in [6, 6.07) is 16.0. The lowest BCUT2D eigenvalue weighted by Gasteiger charge is -2.26. The predicted molar refractivity (Wildman–Crippen MR) is 135 cm³/mol. The first kappa shape index (κ1) is 24.8. The van der Waals surface area contributed by atoms with Gasteiger partial charge in [-0.2, -0.15) is 0 Å². The van der Waals surface area contributed by atoms with E-state index in [-0.39, 0.29) is 22.6 Å². The monoisotopic (exact) mass is 486 g/mol. The van der Waals surface area contributed by atoms with Crippen LogP contribution in [0.5, 0.6) is 5.75 Å². The molecule has 0 aliphatic heterocycles. The van der Waals surface area contributed by atoms with Gasteiger partial charge in [-0.25, -0.2) is 8.42 Å². The van der Waals surface area contributed by atoms with Crippen molar-refractivity contribution in [2.45, 2.75) is 43.7 Å². The molecule has 0 spiro atoms. The Balaban J connectivity index is 2.03. The molecule has 33 heavy (non-hydrogen) atoms. The van der Waals surface area contributed by atoms with Crippen LogP contribution in [0.1, 0.15) is 50.7 Å². The highest BCUT2D eigenvalue weighted by atomic mass is 32.2. The number of carbonyl (C=O) groups is 1. The van der Waals surface area contributed by atoms with Gasteiger partial charge >= 0.3 is 0 Å². The summed E-state index contributed by atoms with van der Waals surface area (Å²) >= 11 is 1.11. The molecule has 3 rings (SSSR count). The van der Waals surface area contributed by atoms with E-state index in [1.54, 1.807) is 35.7 Å². The number of para-hydroxylation sites is 3. The molecule has 0 unspecified atom stereocenters. The second-order valence-electron chi connectivity index (χ2n) is 8.28. The van der Waals surface area contributed by atoms with Crippen molar-refractivity contribution >= 4 is 38.6 Å². The highest BCUT2D eigenvalue weighted by Gasteiger charge is 2.30. The molecule has 0 atom stereocenters. The van der Waals surface area contributed by atoms with Gasteiger partial charge in [0.1, 0.15) is 16.5 Å². The number of sulfonamides is 1. The smallest absolute Gasteiger partial charge is 0.274 e. The predicted octanol–water partition coefficient (Wildman–Crippen LogP) is 5.84. The van der Waals surface area contributed by atoms with Crippen molar-refractivity contribution in [1.29, 1.82) is 0 Å². The molecule has 2 aromatic carbocycles. The van der Waals surface area contributed by atoms with Crippen LogP contribution in [0.15, 0.2) is 64.2 Å². The minimum atomic E-state index is -3.97. The number of nitrogens with zero attached hydrogens (tertiary/aromatic N) is 1. The molecule has 176 valence electrons. The first-order valence-corrected chi connectivity index (χ1v) is 13.1. The number of thiophene rings is 1. The van der Waals surface area contributed by atoms with Gasteiger partial charge < -0.3 is 10.1 Å². The number of methoxy groups -OCH3 is 1. The average molecular weight is 487 g/mol. The highest BCUT2D eigenvalue weighted by molar-refractivity contribution is 7.94. The number of rotatable bonds is 9. The summed E-state index contributed by atoms with van der Waals surface area (Å²) in [6.45, 7) is 7.88. The van der Waals surface area contributed by atoms with E-state index in [2.05, 4.69) is 33.0 Å². The third-order valence-corrected chi connectivity index (χ3v) is 8.45. The summed E-state index contributed by atoms with van der Waals surface area (Å²) in [7, 11) is -2.50. The van der Waals surface area contributed by atoms with Gasteiger partial charge in [0.2, 0.25) is 5.91 Å². The Hall–Kier alpha value is -2.84. The molecule has 8 heteroatoms. The van der Waals surface area contributed by atoms with E-state index < -0.39 is 15.9 Å². The summed E-state index contributed by atoms with van der Waals surface area (Å²) in [5.41, 5.74) is 3.09. The lowest BCUT2D eigenvalue weighted by molar-refractivity contribution is -0.114. The van der Waals surface area contributed by atoms with Crippen molar-refractivity contribution in [3.63, 3.8) is 0 Å². The molecule has 1 heterocycles. The molecule has 1 aromatic heterocycles. The number of anilines is 2. The average Bonchev–Trinajstić information content (AvgIpc) is 3.33. The molecule has 0 saturated carbocycles. The van der Waals surface area contributed by atoms with E-state index >= 15 is 0 Å². The first-order chi connectivity index (χ1) is 15.7. The first-order valence-electron chi connectivity index (χ1n) is 10.8. The maximum atomic E-state index is 13.5. The maximum absolute atomic E-state index is 13.5. The summed E-state index contributed by atoms with van der Waals surface area (Å²) < 4.78 is 33.7. The second kappa shape index (κ2) is 10.4. The molecule has 1 N–H and O–H groups in total. The standard InChI is InChI=1S/C25H30N2O4S2/c1-17(2)19-10-8-11-20(18(3)4)25(19)26-23(28)16-27(21-12-6-7-13-22(21)31-5)33(29,30)24-14-9-15-32-24/h6-15,17-18H,16H2,1-5H3,(H,26,28). The quantitative estimate of drug-likeness (QED) is 0.412. The van der Waals surface area contributed by atoms with Crippen LogP contribution in [0, 0.1) is 0 Å². The maximum Gasteiger partial charge on any atom is 0.274 e. The third kappa shape index (κ3) is 5.39. The fourth-order valence-corrected chi connectivity index (χ4v) is 6.20. The fraction of sp³-hybridized carbons (Fsp3) is 0.320. The normalized spacial score (nSPS) is 11.6. The van der Waals surface area contributed by atoms with E-state index in [9.17, 15) is 13.2 Å². The number of ether oxygens (including phenoxy) is 1. The van der Waals surface area contributed by atoms with Crippen LogP contribution in [-0.2, 0) is 14.8 Å². The number of nitrogens with one attached hydrogen (secondary N) is 1. The third-order valence-electron chi connectivity index (χ3n) is 5.32. The summed E-state index contributed by atoms with van der Waals surface area (Å²) in [5, 5.41) is 4.71. The van der Waals surface area contributed by atoms with E-state index in [4.69, 9.17) is 4.74 Å². The Bertz CT molecular complexity index is 1180. The number of hydrogen-bond acceptors (Lipinski definition) is 5. The summed E-state index contributed by atoms with van der Waals surface area (Å²) in [4.78, 5) is 13.3. The number of carbonyl (C=O) groups excluding carboxylic acids is 1. The molecule has 0 aliphatic carbocycles. The molecule has 0 radical (unpaired) electrons. The Labute approximate surface area is 200 Å². The van der Waals surface area contributed by atoms with Crippen LogP contribution in [0.2, 0.25) is 0 Å². The van der Waals surface area contributed by atoms with Crippen LogP contribution in [0.4, 0.5) is 11.4 Å². The second-order valence-corrected chi connectivity index (χ2v) is 11.3. The zero-order valence-corrected chi connectivity index (χ0v) is 21.2.